The number of amides is 2. The van der Waals surface area contributed by atoms with E-state index in [9.17, 15) is 9.59 Å². The molecule has 3 N–H and O–H groups in total. The summed E-state index contributed by atoms with van der Waals surface area (Å²) in [6.45, 7) is 7.00. The molecular formula is C23H28BrN3O5S. The average Bonchev–Trinajstić information content (AvgIpc) is 2.76. The van der Waals surface area contributed by atoms with Crippen LogP contribution in [0.1, 0.15) is 36.7 Å². The number of hydrazine groups is 1. The van der Waals surface area contributed by atoms with Crippen molar-refractivity contribution < 1.29 is 23.8 Å². The first-order chi connectivity index (χ1) is 15.6. The number of methoxy groups -OCH3 is 1. The Morgan fingerprint density at radius 3 is 2.30 bits per heavy atom. The number of carbonyl (C=O) groups excluding carboxylic acids is 2. The minimum atomic E-state index is -0.462. The zero-order chi connectivity index (χ0) is 24.4. The molecule has 2 rings (SSSR count). The molecule has 0 aliphatic heterocycles. The molecule has 33 heavy (non-hydrogen) atoms. The maximum Gasteiger partial charge on any atom is 0.276 e. The van der Waals surface area contributed by atoms with Gasteiger partial charge < -0.3 is 14.2 Å². The third-order valence-electron chi connectivity index (χ3n) is 4.37. The van der Waals surface area contributed by atoms with E-state index in [0.29, 0.717) is 30.3 Å². The van der Waals surface area contributed by atoms with Gasteiger partial charge in [0.05, 0.1) is 11.1 Å². The van der Waals surface area contributed by atoms with Gasteiger partial charge in [0.1, 0.15) is 18.1 Å². The van der Waals surface area contributed by atoms with Crippen LogP contribution in [-0.2, 0) is 14.9 Å². The van der Waals surface area contributed by atoms with Crippen molar-refractivity contribution in [1.82, 2.24) is 16.2 Å². The number of rotatable bonds is 8. The summed E-state index contributed by atoms with van der Waals surface area (Å²) in [5.74, 6) is 0.278. The second-order valence-electron chi connectivity index (χ2n) is 8.01. The van der Waals surface area contributed by atoms with Crippen molar-refractivity contribution in [3.05, 3.63) is 58.1 Å². The molecule has 0 saturated heterocycles. The lowest BCUT2D eigenvalue weighted by Crippen LogP contribution is -2.49. The Hall–Kier alpha value is -2.69. The fraction of sp³-hybridized carbons (Fsp3) is 0.348. The fourth-order valence-corrected chi connectivity index (χ4v) is 3.18. The van der Waals surface area contributed by atoms with E-state index in [1.807, 2.05) is 18.2 Å². The van der Waals surface area contributed by atoms with Crippen LogP contribution in [0.2, 0.25) is 0 Å². The van der Waals surface area contributed by atoms with Crippen LogP contribution >= 0.6 is 28.1 Å². The lowest BCUT2D eigenvalue weighted by Gasteiger charge is -2.20. The topological polar surface area (TPSA) is 97.9 Å². The third kappa shape index (κ3) is 8.99. The van der Waals surface area contributed by atoms with Gasteiger partial charge in [-0.1, -0.05) is 26.8 Å². The lowest BCUT2D eigenvalue weighted by molar-refractivity contribution is -0.123. The zero-order valence-corrected chi connectivity index (χ0v) is 21.4. The second-order valence-corrected chi connectivity index (χ2v) is 9.27. The summed E-state index contributed by atoms with van der Waals surface area (Å²) in [7, 11) is 1.59. The van der Waals surface area contributed by atoms with E-state index in [1.165, 1.54) is 0 Å². The molecule has 2 aromatic rings. The molecule has 2 amide bonds. The maximum absolute atomic E-state index is 12.3. The number of halogens is 1. The summed E-state index contributed by atoms with van der Waals surface area (Å²) in [6.07, 6.45) is 0. The van der Waals surface area contributed by atoms with Crippen molar-refractivity contribution in [2.24, 2.45) is 0 Å². The molecule has 0 radical (unpaired) electrons. The van der Waals surface area contributed by atoms with Gasteiger partial charge in [-0.25, -0.2) is 0 Å². The van der Waals surface area contributed by atoms with Gasteiger partial charge in [-0.05, 0) is 75.5 Å². The molecule has 0 bridgehead atoms. The molecule has 0 saturated carbocycles. The minimum absolute atomic E-state index is 0.00234. The summed E-state index contributed by atoms with van der Waals surface area (Å²) >= 11 is 8.52. The summed E-state index contributed by atoms with van der Waals surface area (Å²) in [4.78, 5) is 24.3. The van der Waals surface area contributed by atoms with Gasteiger partial charge in [0, 0.05) is 12.7 Å². The van der Waals surface area contributed by atoms with Gasteiger partial charge in [-0.2, -0.15) is 0 Å². The predicted molar refractivity (Wildman–Crippen MR) is 133 cm³/mol. The fourth-order valence-electron chi connectivity index (χ4n) is 2.54. The number of nitrogens with one attached hydrogen (secondary N) is 3. The Bertz CT molecular complexity index is 977. The van der Waals surface area contributed by atoms with E-state index in [2.05, 4.69) is 52.9 Å². The second kappa shape index (κ2) is 12.5. The monoisotopic (exact) mass is 537 g/mol. The first-order valence-corrected chi connectivity index (χ1v) is 11.3. The van der Waals surface area contributed by atoms with Gasteiger partial charge >= 0.3 is 0 Å². The summed E-state index contributed by atoms with van der Waals surface area (Å²) < 4.78 is 16.7. The number of benzene rings is 2. The van der Waals surface area contributed by atoms with Crippen molar-refractivity contribution in [2.75, 3.05) is 26.9 Å². The average molecular weight is 538 g/mol. The summed E-state index contributed by atoms with van der Waals surface area (Å²) in [6, 6.07) is 12.3. The molecule has 178 valence electrons. The molecule has 0 atom stereocenters. The van der Waals surface area contributed by atoms with Crippen molar-refractivity contribution >= 4 is 45.1 Å². The van der Waals surface area contributed by atoms with Crippen molar-refractivity contribution in [3.8, 4) is 11.5 Å². The van der Waals surface area contributed by atoms with Crippen LogP contribution in [-0.4, -0.2) is 43.9 Å². The molecule has 0 unspecified atom stereocenters. The normalized spacial score (nSPS) is 10.8. The van der Waals surface area contributed by atoms with Gasteiger partial charge in [-0.3, -0.25) is 25.8 Å². The number of hydrogen-bond acceptors (Lipinski definition) is 6. The Morgan fingerprint density at radius 2 is 1.70 bits per heavy atom. The molecule has 0 aliphatic carbocycles. The highest BCUT2D eigenvalue weighted by atomic mass is 79.9. The molecule has 0 fully saturated rings. The van der Waals surface area contributed by atoms with E-state index in [4.69, 9.17) is 26.4 Å². The maximum atomic E-state index is 12.3. The van der Waals surface area contributed by atoms with E-state index in [0.717, 1.165) is 10.0 Å². The van der Waals surface area contributed by atoms with Gasteiger partial charge in [0.2, 0.25) is 0 Å². The van der Waals surface area contributed by atoms with Crippen LogP contribution in [0.5, 0.6) is 11.5 Å². The molecule has 8 nitrogen and oxygen atoms in total. The number of hydrogen-bond donors (Lipinski definition) is 3. The van der Waals surface area contributed by atoms with Crippen LogP contribution < -0.4 is 25.6 Å². The molecule has 10 heteroatoms. The summed E-state index contributed by atoms with van der Waals surface area (Å²) in [5.41, 5.74) is 6.39. The highest BCUT2D eigenvalue weighted by Crippen LogP contribution is 2.31. The van der Waals surface area contributed by atoms with Crippen molar-refractivity contribution in [2.45, 2.75) is 26.2 Å². The molecular weight excluding hydrogens is 510 g/mol. The van der Waals surface area contributed by atoms with Crippen LogP contribution in [0.3, 0.4) is 0 Å². The van der Waals surface area contributed by atoms with Crippen LogP contribution in [0.25, 0.3) is 0 Å². The van der Waals surface area contributed by atoms with Crippen molar-refractivity contribution in [1.29, 1.82) is 0 Å². The van der Waals surface area contributed by atoms with E-state index >= 15 is 0 Å². The summed E-state index contributed by atoms with van der Waals surface area (Å²) in [5, 5.41) is 2.43. The van der Waals surface area contributed by atoms with Gasteiger partial charge in [0.25, 0.3) is 11.8 Å². The van der Waals surface area contributed by atoms with E-state index in [-0.39, 0.29) is 17.1 Å². The molecule has 0 aliphatic rings. The Kier molecular flexibility index (Phi) is 10.1. The SMILES string of the molecule is COCCOc1ccc(C(=O)NC(=S)NNC(=O)COc2ccc(C(C)(C)C)cc2Br)cc1. The van der Waals surface area contributed by atoms with Gasteiger partial charge in [0.15, 0.2) is 11.7 Å². The minimum Gasteiger partial charge on any atom is -0.491 e. The Morgan fingerprint density at radius 1 is 1.00 bits per heavy atom. The molecule has 0 aromatic heterocycles. The highest BCUT2D eigenvalue weighted by Gasteiger charge is 2.16. The van der Waals surface area contributed by atoms with Crippen molar-refractivity contribution in [3.63, 3.8) is 0 Å². The Balaban J connectivity index is 1.75. The smallest absolute Gasteiger partial charge is 0.276 e. The van der Waals surface area contributed by atoms with E-state index in [1.54, 1.807) is 31.4 Å². The Labute approximate surface area is 207 Å². The molecule has 0 spiro atoms. The van der Waals surface area contributed by atoms with Crippen LogP contribution in [0, 0.1) is 0 Å². The van der Waals surface area contributed by atoms with E-state index < -0.39 is 11.8 Å². The van der Waals surface area contributed by atoms with Crippen LogP contribution in [0.15, 0.2) is 46.9 Å². The lowest BCUT2D eigenvalue weighted by atomic mass is 9.87. The molecule has 0 heterocycles. The molecule has 2 aromatic carbocycles. The van der Waals surface area contributed by atoms with Gasteiger partial charge in [-0.15, -0.1) is 0 Å². The number of carbonyl (C=O) groups is 2. The quantitative estimate of drug-likeness (QED) is 0.269. The predicted octanol–water partition coefficient (Wildman–Crippen LogP) is 3.49. The highest BCUT2D eigenvalue weighted by molar-refractivity contribution is 9.10. The van der Waals surface area contributed by atoms with Crippen LogP contribution in [0.4, 0.5) is 0 Å². The zero-order valence-electron chi connectivity index (χ0n) is 19.0. The third-order valence-corrected chi connectivity index (χ3v) is 5.20. The first kappa shape index (κ1) is 26.6. The number of thiocarbonyl (C=S) groups is 1. The number of ether oxygens (including phenoxy) is 3. The standard InChI is InChI=1S/C23H28BrN3O5S/c1-23(2,3)16-7-10-19(18(24)13-16)32-14-20(28)26-27-22(33)25-21(29)15-5-8-17(9-6-15)31-12-11-30-4/h5-10,13H,11-12,14H2,1-4H3,(H,26,28)(H2,25,27,29,33). The largest absolute Gasteiger partial charge is 0.491 e. The first-order valence-electron chi connectivity index (χ1n) is 10.1.